The molecule has 2 amide bonds. The van der Waals surface area contributed by atoms with Crippen LogP contribution in [0.5, 0.6) is 0 Å². The second-order valence-electron chi connectivity index (χ2n) is 7.85. The van der Waals surface area contributed by atoms with Crippen molar-refractivity contribution >= 4 is 27.4 Å². The average Bonchev–Trinajstić information content (AvgIpc) is 3.63. The predicted octanol–water partition coefficient (Wildman–Crippen LogP) is 2.69. The predicted molar refractivity (Wildman–Crippen MR) is 125 cm³/mol. The van der Waals surface area contributed by atoms with Gasteiger partial charge in [0.05, 0.1) is 10.6 Å². The monoisotopic (exact) mass is 467 g/mol. The Hall–Kier alpha value is -3.50. The van der Waals surface area contributed by atoms with Gasteiger partial charge in [-0.25, -0.2) is 23.2 Å². The molecular formula is C23H25N5O4S. The van der Waals surface area contributed by atoms with Crippen LogP contribution in [0.15, 0.2) is 65.6 Å². The number of nitrogens with two attached hydrogens (primary N) is 1. The van der Waals surface area contributed by atoms with E-state index in [1.807, 2.05) is 0 Å². The van der Waals surface area contributed by atoms with Crippen LogP contribution in [-0.2, 0) is 14.6 Å². The summed E-state index contributed by atoms with van der Waals surface area (Å²) in [6, 6.07) is 16.4. The minimum atomic E-state index is -3.64. The van der Waals surface area contributed by atoms with E-state index in [0.29, 0.717) is 48.6 Å². The van der Waals surface area contributed by atoms with Crippen LogP contribution in [-0.4, -0.2) is 42.7 Å². The Morgan fingerprint density at radius 2 is 1.76 bits per heavy atom. The maximum atomic E-state index is 13.4. The van der Waals surface area contributed by atoms with E-state index >= 15 is 0 Å². The summed E-state index contributed by atoms with van der Waals surface area (Å²) in [5, 5.41) is 14.1. The molecule has 1 aliphatic carbocycles. The number of amides is 2. The third-order valence-electron chi connectivity index (χ3n) is 5.51. The van der Waals surface area contributed by atoms with Crippen molar-refractivity contribution in [3.63, 3.8) is 0 Å². The summed E-state index contributed by atoms with van der Waals surface area (Å²) in [6.45, 7) is 0.374. The molecule has 9 nitrogen and oxygen atoms in total. The van der Waals surface area contributed by atoms with Crippen LogP contribution < -0.4 is 16.4 Å². The van der Waals surface area contributed by atoms with Gasteiger partial charge in [-0.15, -0.1) is 0 Å². The SMILES string of the molecule is Nc1cc(C2(S(=O)(=O)c3ccccc3)CC2)nc(-c2ccc(NC(=O)NCCCO)cc2)n1. The molecule has 1 aromatic heterocycles. The molecule has 0 radical (unpaired) electrons. The van der Waals surface area contributed by atoms with Crippen LogP contribution in [0.2, 0.25) is 0 Å². The molecule has 0 unspecified atom stereocenters. The molecule has 10 heteroatoms. The molecule has 1 aliphatic rings. The van der Waals surface area contributed by atoms with Crippen molar-refractivity contribution in [2.24, 2.45) is 0 Å². The summed E-state index contributed by atoms with van der Waals surface area (Å²) in [4.78, 5) is 21.0. The van der Waals surface area contributed by atoms with Crippen molar-refractivity contribution in [1.82, 2.24) is 15.3 Å². The topological polar surface area (TPSA) is 147 Å². The number of nitrogen functional groups attached to an aromatic ring is 1. The molecule has 0 bridgehead atoms. The van der Waals surface area contributed by atoms with Crippen LogP contribution in [0.1, 0.15) is 25.0 Å². The highest BCUT2D eigenvalue weighted by Crippen LogP contribution is 2.54. The smallest absolute Gasteiger partial charge is 0.319 e. The van der Waals surface area contributed by atoms with Crippen LogP contribution >= 0.6 is 0 Å². The van der Waals surface area contributed by atoms with Gasteiger partial charge in [-0.1, -0.05) is 18.2 Å². The number of carbonyl (C=O) groups is 1. The Morgan fingerprint density at radius 1 is 1.06 bits per heavy atom. The van der Waals surface area contributed by atoms with E-state index in [1.54, 1.807) is 54.6 Å². The maximum absolute atomic E-state index is 13.4. The number of aliphatic hydroxyl groups is 1. The van der Waals surface area contributed by atoms with Gasteiger partial charge in [0.15, 0.2) is 15.7 Å². The molecule has 1 heterocycles. The zero-order valence-corrected chi connectivity index (χ0v) is 18.7. The fraction of sp³-hybridized carbons (Fsp3) is 0.261. The summed E-state index contributed by atoms with van der Waals surface area (Å²) in [7, 11) is -3.64. The minimum Gasteiger partial charge on any atom is -0.396 e. The lowest BCUT2D eigenvalue weighted by molar-refractivity contribution is 0.249. The number of nitrogens with one attached hydrogen (secondary N) is 2. The summed E-state index contributed by atoms with van der Waals surface area (Å²) in [5.41, 5.74) is 7.62. The number of hydrogen-bond donors (Lipinski definition) is 4. The molecule has 0 atom stereocenters. The molecular weight excluding hydrogens is 442 g/mol. The van der Waals surface area contributed by atoms with E-state index in [2.05, 4.69) is 20.6 Å². The molecule has 0 spiro atoms. The standard InChI is InChI=1S/C23H25N5O4S/c24-20-15-19(23(11-12-23)33(31,32)18-5-2-1-3-6-18)27-21(28-20)16-7-9-17(10-8-16)26-22(30)25-13-4-14-29/h1-3,5-10,15,29H,4,11-14H2,(H2,24,27,28)(H2,25,26,30). The minimum absolute atomic E-state index is 0.00507. The first-order chi connectivity index (χ1) is 15.9. The van der Waals surface area contributed by atoms with Crippen molar-refractivity contribution in [1.29, 1.82) is 0 Å². The summed E-state index contributed by atoms with van der Waals surface area (Å²) in [5.74, 6) is 0.508. The number of carbonyl (C=O) groups excluding carboxylic acids is 1. The molecule has 1 fully saturated rings. The molecule has 2 aromatic carbocycles. The number of nitrogens with zero attached hydrogens (tertiary/aromatic N) is 2. The van der Waals surface area contributed by atoms with E-state index in [1.165, 1.54) is 6.07 Å². The van der Waals surface area contributed by atoms with E-state index in [-0.39, 0.29) is 23.4 Å². The first-order valence-electron chi connectivity index (χ1n) is 10.6. The summed E-state index contributed by atoms with van der Waals surface area (Å²) >= 11 is 0. The van der Waals surface area contributed by atoms with Crippen molar-refractivity contribution < 1.29 is 18.3 Å². The fourth-order valence-corrected chi connectivity index (χ4v) is 5.57. The van der Waals surface area contributed by atoms with Gasteiger partial charge in [-0.2, -0.15) is 0 Å². The van der Waals surface area contributed by atoms with Crippen molar-refractivity contribution in [2.75, 3.05) is 24.2 Å². The van der Waals surface area contributed by atoms with Gasteiger partial charge in [0.1, 0.15) is 10.6 Å². The van der Waals surface area contributed by atoms with Gasteiger partial charge in [-0.3, -0.25) is 0 Å². The van der Waals surface area contributed by atoms with E-state index in [9.17, 15) is 13.2 Å². The summed E-state index contributed by atoms with van der Waals surface area (Å²) in [6.07, 6.45) is 1.41. The van der Waals surface area contributed by atoms with Crippen LogP contribution in [0.4, 0.5) is 16.3 Å². The maximum Gasteiger partial charge on any atom is 0.319 e. The Morgan fingerprint density at radius 3 is 2.39 bits per heavy atom. The fourth-order valence-electron chi connectivity index (χ4n) is 3.59. The average molecular weight is 468 g/mol. The molecule has 0 saturated heterocycles. The van der Waals surface area contributed by atoms with Crippen LogP contribution in [0.25, 0.3) is 11.4 Å². The third-order valence-corrected chi connectivity index (χ3v) is 8.05. The van der Waals surface area contributed by atoms with Gasteiger partial charge < -0.3 is 21.5 Å². The van der Waals surface area contributed by atoms with E-state index in [4.69, 9.17) is 10.8 Å². The highest BCUT2D eigenvalue weighted by Gasteiger charge is 2.57. The number of rotatable bonds is 8. The van der Waals surface area contributed by atoms with E-state index < -0.39 is 14.6 Å². The molecule has 1 saturated carbocycles. The second kappa shape index (κ2) is 9.16. The lowest BCUT2D eigenvalue weighted by atomic mass is 10.1. The Labute approximate surface area is 192 Å². The first-order valence-corrected chi connectivity index (χ1v) is 12.0. The van der Waals surface area contributed by atoms with E-state index in [0.717, 1.165) is 0 Å². The molecule has 0 aliphatic heterocycles. The van der Waals surface area contributed by atoms with Crippen molar-refractivity contribution in [3.8, 4) is 11.4 Å². The van der Waals surface area contributed by atoms with Crippen molar-refractivity contribution in [2.45, 2.75) is 28.9 Å². The number of sulfone groups is 1. The number of aromatic nitrogens is 2. The number of hydrogen-bond acceptors (Lipinski definition) is 7. The Bertz CT molecular complexity index is 1240. The number of benzene rings is 2. The highest BCUT2D eigenvalue weighted by atomic mass is 32.2. The summed E-state index contributed by atoms with van der Waals surface area (Å²) < 4.78 is 25.6. The molecule has 3 aromatic rings. The number of anilines is 2. The molecule has 5 N–H and O–H groups in total. The number of aliphatic hydroxyl groups excluding tert-OH is 1. The second-order valence-corrected chi connectivity index (χ2v) is 10.1. The highest BCUT2D eigenvalue weighted by molar-refractivity contribution is 7.92. The quantitative estimate of drug-likeness (QED) is 0.372. The van der Waals surface area contributed by atoms with Crippen molar-refractivity contribution in [3.05, 3.63) is 66.4 Å². The van der Waals surface area contributed by atoms with Gasteiger partial charge in [0.2, 0.25) is 0 Å². The third kappa shape index (κ3) is 4.67. The lowest BCUT2D eigenvalue weighted by Crippen LogP contribution is -2.29. The van der Waals surface area contributed by atoms with Gasteiger partial charge in [0.25, 0.3) is 0 Å². The zero-order valence-electron chi connectivity index (χ0n) is 17.9. The lowest BCUT2D eigenvalue weighted by Gasteiger charge is -2.17. The van der Waals surface area contributed by atoms with Gasteiger partial charge in [0, 0.05) is 30.5 Å². The number of urea groups is 1. The van der Waals surface area contributed by atoms with Gasteiger partial charge >= 0.3 is 6.03 Å². The van der Waals surface area contributed by atoms with Crippen LogP contribution in [0.3, 0.4) is 0 Å². The van der Waals surface area contributed by atoms with Crippen LogP contribution in [0, 0.1) is 0 Å². The Kier molecular flexibility index (Phi) is 6.30. The van der Waals surface area contributed by atoms with Gasteiger partial charge in [-0.05, 0) is 55.7 Å². The molecule has 4 rings (SSSR count). The normalized spacial score (nSPS) is 14.5. The first kappa shape index (κ1) is 22.7. The largest absolute Gasteiger partial charge is 0.396 e. The molecule has 33 heavy (non-hydrogen) atoms. The molecule has 172 valence electrons. The zero-order chi connectivity index (χ0) is 23.5. The Balaban J connectivity index is 1.58.